The number of aryl methyl sites for hydroxylation is 2. The summed E-state index contributed by atoms with van der Waals surface area (Å²) in [5.74, 6) is -0.477. The monoisotopic (exact) mass is 493 g/mol. The van der Waals surface area contributed by atoms with Crippen LogP contribution in [0.1, 0.15) is 36.5 Å². The third-order valence-corrected chi connectivity index (χ3v) is 7.02. The largest absolute Gasteiger partial charge is 0.357 e. The molecule has 0 aliphatic rings. The van der Waals surface area contributed by atoms with Crippen LogP contribution in [-0.2, 0) is 26.2 Å². The van der Waals surface area contributed by atoms with Crippen LogP contribution in [0.4, 0.5) is 5.69 Å². The summed E-state index contributed by atoms with van der Waals surface area (Å²) in [6, 6.07) is 12.1. The van der Waals surface area contributed by atoms with Crippen LogP contribution in [0.15, 0.2) is 42.5 Å². The van der Waals surface area contributed by atoms with E-state index in [1.807, 2.05) is 38.1 Å². The lowest BCUT2D eigenvalue weighted by Crippen LogP contribution is -2.47. The third kappa shape index (κ3) is 7.20. The molecular formula is C24H32ClN3O4S. The number of hydrogen-bond donors (Lipinski definition) is 1. The number of likely N-dealkylation sites (N-methyl/N-ethyl adjacent to an activating group) is 1. The van der Waals surface area contributed by atoms with Gasteiger partial charge in [0.1, 0.15) is 6.04 Å². The van der Waals surface area contributed by atoms with Gasteiger partial charge in [0, 0.05) is 31.6 Å². The van der Waals surface area contributed by atoms with Crippen molar-refractivity contribution >= 4 is 39.1 Å². The molecule has 0 heterocycles. The Morgan fingerprint density at radius 2 is 1.76 bits per heavy atom. The number of amides is 2. The van der Waals surface area contributed by atoms with Crippen molar-refractivity contribution in [1.82, 2.24) is 10.2 Å². The van der Waals surface area contributed by atoms with Crippen LogP contribution in [-0.4, -0.2) is 51.0 Å². The third-order valence-electron chi connectivity index (χ3n) is 5.61. The van der Waals surface area contributed by atoms with Crippen LogP contribution in [0.3, 0.4) is 0 Å². The van der Waals surface area contributed by atoms with Crippen LogP contribution in [0.25, 0.3) is 0 Å². The predicted octanol–water partition coefficient (Wildman–Crippen LogP) is 3.67. The molecule has 0 unspecified atom stereocenters. The average Bonchev–Trinajstić information content (AvgIpc) is 2.76. The first-order valence-corrected chi connectivity index (χ1v) is 13.0. The van der Waals surface area contributed by atoms with E-state index in [-0.39, 0.29) is 24.8 Å². The first-order valence-electron chi connectivity index (χ1n) is 10.7. The van der Waals surface area contributed by atoms with Gasteiger partial charge in [-0.15, -0.1) is 0 Å². The number of hydrogen-bond acceptors (Lipinski definition) is 4. The number of nitrogens with one attached hydrogen (secondary N) is 1. The highest BCUT2D eigenvalue weighted by molar-refractivity contribution is 7.92. The Bertz CT molecular complexity index is 1100. The highest BCUT2D eigenvalue weighted by Crippen LogP contribution is 2.27. The van der Waals surface area contributed by atoms with Crippen molar-refractivity contribution in [3.8, 4) is 0 Å². The van der Waals surface area contributed by atoms with Gasteiger partial charge in [-0.3, -0.25) is 13.9 Å². The second-order valence-electron chi connectivity index (χ2n) is 8.11. The number of sulfonamides is 1. The van der Waals surface area contributed by atoms with E-state index < -0.39 is 16.1 Å². The van der Waals surface area contributed by atoms with Gasteiger partial charge in [0.05, 0.1) is 11.9 Å². The van der Waals surface area contributed by atoms with Crippen LogP contribution in [0, 0.1) is 13.8 Å². The fourth-order valence-corrected chi connectivity index (χ4v) is 4.78. The molecule has 2 rings (SSSR count). The van der Waals surface area contributed by atoms with E-state index in [0.29, 0.717) is 23.7 Å². The molecule has 0 bridgehead atoms. The zero-order chi connectivity index (χ0) is 24.8. The van der Waals surface area contributed by atoms with Crippen molar-refractivity contribution in [2.75, 3.05) is 24.2 Å². The predicted molar refractivity (Wildman–Crippen MR) is 133 cm³/mol. The maximum atomic E-state index is 13.2. The van der Waals surface area contributed by atoms with Gasteiger partial charge in [-0.2, -0.15) is 0 Å². The molecule has 2 amide bonds. The van der Waals surface area contributed by atoms with E-state index >= 15 is 0 Å². The lowest BCUT2D eigenvalue weighted by Gasteiger charge is -2.29. The standard InChI is InChI=1S/C24H32ClN3O4S/c1-17-9-6-7-10-20(17)16-27(19(3)24(30)26-4)23(29)11-8-14-28(33(5,31)32)22-15-21(25)13-12-18(22)2/h6-7,9-10,12-13,15,19H,8,11,14,16H2,1-5H3,(H,26,30)/t19-/m1/s1. The Labute approximate surface area is 201 Å². The molecule has 1 N–H and O–H groups in total. The minimum atomic E-state index is -3.58. The summed E-state index contributed by atoms with van der Waals surface area (Å²) in [7, 11) is -2.04. The topological polar surface area (TPSA) is 86.8 Å². The van der Waals surface area contributed by atoms with Crippen LogP contribution in [0.5, 0.6) is 0 Å². The second-order valence-corrected chi connectivity index (χ2v) is 10.5. The van der Waals surface area contributed by atoms with Gasteiger partial charge in [-0.1, -0.05) is 41.9 Å². The first kappa shape index (κ1) is 26.7. The summed E-state index contributed by atoms with van der Waals surface area (Å²) >= 11 is 6.08. The molecule has 0 radical (unpaired) electrons. The molecule has 7 nitrogen and oxygen atoms in total. The number of nitrogens with zero attached hydrogens (tertiary/aromatic N) is 2. The zero-order valence-electron chi connectivity index (χ0n) is 19.8. The lowest BCUT2D eigenvalue weighted by atomic mass is 10.1. The maximum Gasteiger partial charge on any atom is 0.242 e. The van der Waals surface area contributed by atoms with Gasteiger partial charge in [0.2, 0.25) is 21.8 Å². The zero-order valence-corrected chi connectivity index (χ0v) is 21.3. The highest BCUT2D eigenvalue weighted by atomic mass is 35.5. The molecule has 0 aromatic heterocycles. The number of carbonyl (C=O) groups excluding carboxylic acids is 2. The highest BCUT2D eigenvalue weighted by Gasteiger charge is 2.26. The molecule has 1 atom stereocenters. The van der Waals surface area contributed by atoms with Gasteiger partial charge < -0.3 is 10.2 Å². The number of carbonyl (C=O) groups is 2. The van der Waals surface area contributed by atoms with Gasteiger partial charge >= 0.3 is 0 Å². The van der Waals surface area contributed by atoms with Crippen LogP contribution < -0.4 is 9.62 Å². The Morgan fingerprint density at radius 3 is 2.36 bits per heavy atom. The molecular weight excluding hydrogens is 462 g/mol. The molecule has 2 aromatic carbocycles. The average molecular weight is 494 g/mol. The van der Waals surface area contributed by atoms with Crippen molar-refractivity contribution in [3.05, 3.63) is 64.2 Å². The minimum absolute atomic E-state index is 0.0961. The quantitative estimate of drug-likeness (QED) is 0.547. The van der Waals surface area contributed by atoms with E-state index in [4.69, 9.17) is 11.6 Å². The van der Waals surface area contributed by atoms with E-state index in [1.54, 1.807) is 25.1 Å². The van der Waals surface area contributed by atoms with E-state index in [0.717, 1.165) is 22.9 Å². The molecule has 9 heteroatoms. The SMILES string of the molecule is CNC(=O)[C@@H](C)N(Cc1ccccc1C)C(=O)CCCN(c1cc(Cl)ccc1C)S(C)(=O)=O. The second kappa shape index (κ2) is 11.5. The number of anilines is 1. The van der Waals surface area contributed by atoms with Crippen LogP contribution in [0.2, 0.25) is 5.02 Å². The molecule has 0 aliphatic carbocycles. The van der Waals surface area contributed by atoms with Gasteiger partial charge in [0.25, 0.3) is 0 Å². The molecule has 0 spiro atoms. The van der Waals surface area contributed by atoms with Crippen LogP contribution >= 0.6 is 11.6 Å². The summed E-state index contributed by atoms with van der Waals surface area (Å²) in [5, 5.41) is 3.03. The Balaban J connectivity index is 2.19. The van der Waals surface area contributed by atoms with Gasteiger partial charge in [0.15, 0.2) is 0 Å². The van der Waals surface area contributed by atoms with Gasteiger partial charge in [-0.05, 0) is 56.0 Å². The lowest BCUT2D eigenvalue weighted by molar-refractivity contribution is -0.140. The summed E-state index contributed by atoms with van der Waals surface area (Å²) in [6.07, 6.45) is 1.52. The molecule has 33 heavy (non-hydrogen) atoms. The molecule has 0 fully saturated rings. The Morgan fingerprint density at radius 1 is 1.09 bits per heavy atom. The fourth-order valence-electron chi connectivity index (χ4n) is 3.60. The molecule has 0 saturated heterocycles. The molecule has 2 aromatic rings. The summed E-state index contributed by atoms with van der Waals surface area (Å²) in [4.78, 5) is 27.0. The summed E-state index contributed by atoms with van der Waals surface area (Å²) in [5.41, 5.74) is 3.24. The minimum Gasteiger partial charge on any atom is -0.357 e. The van der Waals surface area contributed by atoms with Gasteiger partial charge in [-0.25, -0.2) is 8.42 Å². The first-order chi connectivity index (χ1) is 15.5. The number of benzene rings is 2. The van der Waals surface area contributed by atoms with Crippen molar-refractivity contribution in [2.24, 2.45) is 0 Å². The van der Waals surface area contributed by atoms with E-state index in [2.05, 4.69) is 5.32 Å². The number of halogens is 1. The molecule has 0 saturated carbocycles. The number of rotatable bonds is 10. The van der Waals surface area contributed by atoms with Crippen molar-refractivity contribution in [2.45, 2.75) is 46.2 Å². The van der Waals surface area contributed by atoms with E-state index in [9.17, 15) is 18.0 Å². The van der Waals surface area contributed by atoms with Crippen molar-refractivity contribution in [3.63, 3.8) is 0 Å². The normalized spacial score (nSPS) is 12.2. The Hall–Kier alpha value is -2.58. The molecule has 0 aliphatic heterocycles. The Kier molecular flexibility index (Phi) is 9.31. The van der Waals surface area contributed by atoms with E-state index in [1.165, 1.54) is 16.3 Å². The molecule has 180 valence electrons. The fraction of sp³-hybridized carbons (Fsp3) is 0.417. The summed E-state index contributed by atoms with van der Waals surface area (Å²) < 4.78 is 26.2. The maximum absolute atomic E-state index is 13.2. The van der Waals surface area contributed by atoms with Crippen molar-refractivity contribution in [1.29, 1.82) is 0 Å². The summed E-state index contributed by atoms with van der Waals surface area (Å²) in [6.45, 7) is 5.87. The smallest absolute Gasteiger partial charge is 0.242 e. The van der Waals surface area contributed by atoms with Crippen molar-refractivity contribution < 1.29 is 18.0 Å².